The molecule has 23 heavy (non-hydrogen) atoms. The summed E-state index contributed by atoms with van der Waals surface area (Å²) in [6, 6.07) is 4.82. The highest BCUT2D eigenvalue weighted by Gasteiger charge is 2.23. The fraction of sp³-hybridized carbons (Fsp3) is 0.562. The van der Waals surface area contributed by atoms with Gasteiger partial charge in [0.15, 0.2) is 0 Å². The Labute approximate surface area is 136 Å². The maximum absolute atomic E-state index is 5.61. The van der Waals surface area contributed by atoms with Crippen LogP contribution in [0.1, 0.15) is 30.8 Å². The first kappa shape index (κ1) is 15.9. The van der Waals surface area contributed by atoms with E-state index in [2.05, 4.69) is 44.5 Å². The summed E-state index contributed by atoms with van der Waals surface area (Å²) in [5, 5.41) is 11.4. The zero-order valence-electron chi connectivity index (χ0n) is 13.4. The monoisotopic (exact) mass is 317 g/mol. The van der Waals surface area contributed by atoms with E-state index in [0.29, 0.717) is 18.5 Å². The van der Waals surface area contributed by atoms with E-state index in [1.165, 1.54) is 5.56 Å². The molecule has 124 valence electrons. The number of aryl methyl sites for hydroxylation is 1. The lowest BCUT2D eigenvalue weighted by molar-refractivity contribution is 0.0186. The number of hydrogen-bond acceptors (Lipinski definition) is 7. The molecule has 2 aromatic rings. The lowest BCUT2D eigenvalue weighted by Crippen LogP contribution is -2.41. The van der Waals surface area contributed by atoms with Crippen LogP contribution in [-0.2, 0) is 11.2 Å². The third kappa shape index (κ3) is 4.27. The molecule has 1 aliphatic heterocycles. The van der Waals surface area contributed by atoms with E-state index in [1.807, 2.05) is 12.4 Å². The van der Waals surface area contributed by atoms with E-state index in [0.717, 1.165) is 39.1 Å². The van der Waals surface area contributed by atoms with Crippen LogP contribution in [0, 0.1) is 0 Å². The number of nitrogens with one attached hydrogen (secondary N) is 1. The number of anilines is 1. The second-order valence-corrected chi connectivity index (χ2v) is 5.58. The highest BCUT2D eigenvalue weighted by molar-refractivity contribution is 5.22. The minimum absolute atomic E-state index is 0.225. The Morgan fingerprint density at radius 2 is 2.00 bits per heavy atom. The second-order valence-electron chi connectivity index (χ2n) is 5.58. The van der Waals surface area contributed by atoms with Gasteiger partial charge in [0.1, 0.15) is 0 Å². The highest BCUT2D eigenvalue weighted by atomic mass is 16.5. The molecule has 1 saturated heterocycles. The van der Waals surface area contributed by atoms with Crippen LogP contribution in [0.2, 0.25) is 0 Å². The summed E-state index contributed by atoms with van der Waals surface area (Å²) in [7, 11) is 0. The van der Waals surface area contributed by atoms with Gasteiger partial charge < -0.3 is 14.5 Å². The van der Waals surface area contributed by atoms with Gasteiger partial charge in [0.05, 0.1) is 19.3 Å². The van der Waals surface area contributed by atoms with Crippen LogP contribution in [0.3, 0.4) is 0 Å². The maximum atomic E-state index is 5.61. The zero-order valence-corrected chi connectivity index (χ0v) is 13.4. The quantitative estimate of drug-likeness (QED) is 0.835. The van der Waals surface area contributed by atoms with Crippen LogP contribution in [0.4, 0.5) is 6.01 Å². The summed E-state index contributed by atoms with van der Waals surface area (Å²) < 4.78 is 11.1. The first-order valence-corrected chi connectivity index (χ1v) is 8.15. The van der Waals surface area contributed by atoms with Crippen molar-refractivity contribution in [2.75, 3.05) is 38.2 Å². The summed E-state index contributed by atoms with van der Waals surface area (Å²) in [6.45, 7) is 6.16. The maximum Gasteiger partial charge on any atom is 0.315 e. The molecule has 7 heteroatoms. The Hall–Kier alpha value is -1.99. The topological polar surface area (TPSA) is 76.3 Å². The molecule has 0 amide bonds. The summed E-state index contributed by atoms with van der Waals surface area (Å²) in [6.07, 6.45) is 5.46. The summed E-state index contributed by atoms with van der Waals surface area (Å²) in [5.74, 6) is 0.682. The molecule has 0 unspecified atom stereocenters. The van der Waals surface area contributed by atoms with Gasteiger partial charge in [0.2, 0.25) is 5.89 Å². The van der Waals surface area contributed by atoms with Crippen molar-refractivity contribution < 1.29 is 9.15 Å². The highest BCUT2D eigenvalue weighted by Crippen LogP contribution is 2.22. The van der Waals surface area contributed by atoms with E-state index in [4.69, 9.17) is 9.15 Å². The second kappa shape index (κ2) is 8.03. The van der Waals surface area contributed by atoms with E-state index in [1.54, 1.807) is 0 Å². The molecule has 0 spiro atoms. The summed E-state index contributed by atoms with van der Waals surface area (Å²) in [4.78, 5) is 6.52. The molecule has 0 aromatic carbocycles. The van der Waals surface area contributed by atoms with Crippen molar-refractivity contribution in [3.63, 3.8) is 0 Å². The van der Waals surface area contributed by atoms with Crippen LogP contribution in [0.25, 0.3) is 0 Å². The van der Waals surface area contributed by atoms with Gasteiger partial charge in [-0.15, -0.1) is 5.10 Å². The molecular weight excluding hydrogens is 294 g/mol. The van der Waals surface area contributed by atoms with Gasteiger partial charge in [-0.25, -0.2) is 0 Å². The average Bonchev–Trinajstić information content (AvgIpc) is 3.05. The molecule has 0 bridgehead atoms. The summed E-state index contributed by atoms with van der Waals surface area (Å²) in [5.41, 5.74) is 1.22. The molecule has 3 heterocycles. The SMILES string of the molecule is CCCc1nnc(NC[C@H](c2ccncc2)N2CCOCC2)o1. The third-order valence-corrected chi connectivity index (χ3v) is 3.95. The largest absolute Gasteiger partial charge is 0.408 e. The number of morpholine rings is 1. The lowest BCUT2D eigenvalue weighted by atomic mass is 10.1. The first-order valence-electron chi connectivity index (χ1n) is 8.15. The van der Waals surface area contributed by atoms with Crippen molar-refractivity contribution in [3.8, 4) is 0 Å². The van der Waals surface area contributed by atoms with Gasteiger partial charge >= 0.3 is 6.01 Å². The van der Waals surface area contributed by atoms with Crippen molar-refractivity contribution in [3.05, 3.63) is 36.0 Å². The predicted molar refractivity (Wildman–Crippen MR) is 86.2 cm³/mol. The van der Waals surface area contributed by atoms with Crippen molar-refractivity contribution >= 4 is 6.01 Å². The number of aromatic nitrogens is 3. The molecule has 0 saturated carbocycles. The Balaban J connectivity index is 1.67. The molecule has 7 nitrogen and oxygen atoms in total. The van der Waals surface area contributed by atoms with Gasteiger partial charge in [-0.3, -0.25) is 9.88 Å². The fourth-order valence-corrected chi connectivity index (χ4v) is 2.76. The molecule has 2 aromatic heterocycles. The van der Waals surface area contributed by atoms with Crippen molar-refractivity contribution in [1.82, 2.24) is 20.1 Å². The lowest BCUT2D eigenvalue weighted by Gasteiger charge is -2.34. The van der Waals surface area contributed by atoms with E-state index >= 15 is 0 Å². The fourth-order valence-electron chi connectivity index (χ4n) is 2.76. The standard InChI is InChI=1S/C16H23N5O2/c1-2-3-15-19-20-16(23-15)18-12-14(13-4-6-17-7-5-13)21-8-10-22-11-9-21/h4-7,14H,2-3,8-12H2,1H3,(H,18,20)/t14-/m1/s1. The van der Waals surface area contributed by atoms with Gasteiger partial charge in [-0.2, -0.15) is 0 Å². The Kier molecular flexibility index (Phi) is 5.55. The number of rotatable bonds is 7. The number of hydrogen-bond donors (Lipinski definition) is 1. The van der Waals surface area contributed by atoms with Crippen LogP contribution in [0.15, 0.2) is 28.9 Å². The first-order chi connectivity index (χ1) is 11.4. The van der Waals surface area contributed by atoms with Crippen LogP contribution in [-0.4, -0.2) is 52.9 Å². The molecule has 1 atom stereocenters. The van der Waals surface area contributed by atoms with Crippen molar-refractivity contribution in [2.45, 2.75) is 25.8 Å². The van der Waals surface area contributed by atoms with Crippen LogP contribution < -0.4 is 5.32 Å². The molecular formula is C16H23N5O2. The Bertz CT molecular complexity index is 583. The van der Waals surface area contributed by atoms with Crippen LogP contribution in [0.5, 0.6) is 0 Å². The molecule has 1 aliphatic rings. The summed E-state index contributed by atoms with van der Waals surface area (Å²) >= 11 is 0. The minimum atomic E-state index is 0.225. The van der Waals surface area contributed by atoms with E-state index in [-0.39, 0.29) is 6.04 Å². The molecule has 1 fully saturated rings. The van der Waals surface area contributed by atoms with Gasteiger partial charge in [0.25, 0.3) is 0 Å². The van der Waals surface area contributed by atoms with Gasteiger partial charge in [0, 0.05) is 38.4 Å². The Morgan fingerprint density at radius 3 is 2.74 bits per heavy atom. The van der Waals surface area contributed by atoms with Crippen LogP contribution >= 0.6 is 0 Å². The number of nitrogens with zero attached hydrogens (tertiary/aromatic N) is 4. The zero-order chi connectivity index (χ0) is 15.9. The van der Waals surface area contributed by atoms with Gasteiger partial charge in [-0.05, 0) is 24.1 Å². The van der Waals surface area contributed by atoms with Gasteiger partial charge in [-0.1, -0.05) is 12.0 Å². The number of pyridine rings is 1. The molecule has 0 radical (unpaired) electrons. The minimum Gasteiger partial charge on any atom is -0.408 e. The molecule has 3 rings (SSSR count). The van der Waals surface area contributed by atoms with E-state index in [9.17, 15) is 0 Å². The Morgan fingerprint density at radius 1 is 1.22 bits per heavy atom. The van der Waals surface area contributed by atoms with Crippen molar-refractivity contribution in [2.24, 2.45) is 0 Å². The smallest absolute Gasteiger partial charge is 0.315 e. The normalized spacial score (nSPS) is 17.1. The van der Waals surface area contributed by atoms with E-state index < -0.39 is 0 Å². The third-order valence-electron chi connectivity index (χ3n) is 3.95. The molecule has 0 aliphatic carbocycles. The molecule has 1 N–H and O–H groups in total. The predicted octanol–water partition coefficient (Wildman–Crippen LogP) is 1.90. The van der Waals surface area contributed by atoms with Crippen molar-refractivity contribution in [1.29, 1.82) is 0 Å². The number of ether oxygens (including phenoxy) is 1. The average molecular weight is 317 g/mol.